The molecule has 0 aromatic carbocycles. The van der Waals surface area contributed by atoms with Crippen molar-refractivity contribution >= 4 is 5.78 Å². The minimum absolute atomic E-state index is 0.527. The number of hydrogen-bond donors (Lipinski definition) is 0. The number of halogens is 6. The topological polar surface area (TPSA) is 42.9 Å². The number of rotatable bonds is 4. The van der Waals surface area contributed by atoms with Crippen molar-refractivity contribution in [2.45, 2.75) is 38.0 Å². The maximum atomic E-state index is 13.1. The standard InChI is InChI=1S/C17H14F6N2O/c1-9(13-11(16(18,19)20)5-3-7-24-13)15(26)10(2)14-12(17(21,22)23)6-4-8-25-14/h3-10H,1-2H3. The van der Waals surface area contributed by atoms with Crippen molar-refractivity contribution in [1.82, 2.24) is 9.97 Å². The molecule has 140 valence electrons. The summed E-state index contributed by atoms with van der Waals surface area (Å²) in [5.41, 5.74) is -3.24. The van der Waals surface area contributed by atoms with Crippen LogP contribution in [0.2, 0.25) is 0 Å². The van der Waals surface area contributed by atoms with E-state index in [9.17, 15) is 31.1 Å². The molecule has 0 aliphatic carbocycles. The quantitative estimate of drug-likeness (QED) is 0.706. The predicted molar refractivity (Wildman–Crippen MR) is 80.3 cm³/mol. The van der Waals surface area contributed by atoms with E-state index in [0.717, 1.165) is 36.7 Å². The van der Waals surface area contributed by atoms with Crippen molar-refractivity contribution < 1.29 is 31.1 Å². The van der Waals surface area contributed by atoms with Crippen molar-refractivity contribution in [1.29, 1.82) is 0 Å². The summed E-state index contributed by atoms with van der Waals surface area (Å²) in [6, 6.07) is 3.71. The summed E-state index contributed by atoms with van der Waals surface area (Å²) < 4.78 is 78.6. The number of ketones is 1. The van der Waals surface area contributed by atoms with Crippen LogP contribution in [0.15, 0.2) is 36.7 Å². The van der Waals surface area contributed by atoms with Gasteiger partial charge in [-0.05, 0) is 38.1 Å². The summed E-state index contributed by atoms with van der Waals surface area (Å²) in [6.45, 7) is 2.37. The minimum Gasteiger partial charge on any atom is -0.298 e. The van der Waals surface area contributed by atoms with Crippen LogP contribution >= 0.6 is 0 Å². The summed E-state index contributed by atoms with van der Waals surface area (Å²) in [5, 5.41) is 0. The van der Waals surface area contributed by atoms with Crippen molar-refractivity contribution in [3.8, 4) is 0 Å². The molecule has 0 aliphatic heterocycles. The van der Waals surface area contributed by atoms with E-state index in [4.69, 9.17) is 0 Å². The lowest BCUT2D eigenvalue weighted by molar-refractivity contribution is -0.139. The van der Waals surface area contributed by atoms with Crippen molar-refractivity contribution in [2.24, 2.45) is 0 Å². The molecule has 0 saturated carbocycles. The first kappa shape index (κ1) is 19.9. The highest BCUT2D eigenvalue weighted by Gasteiger charge is 2.40. The molecule has 9 heteroatoms. The van der Waals surface area contributed by atoms with Gasteiger partial charge in [0.15, 0.2) is 0 Å². The third-order valence-corrected chi connectivity index (χ3v) is 3.96. The van der Waals surface area contributed by atoms with Crippen LogP contribution in [0.25, 0.3) is 0 Å². The van der Waals surface area contributed by atoms with E-state index in [0.29, 0.717) is 0 Å². The summed E-state index contributed by atoms with van der Waals surface area (Å²) in [6.07, 6.45) is -7.27. The summed E-state index contributed by atoms with van der Waals surface area (Å²) in [7, 11) is 0. The lowest BCUT2D eigenvalue weighted by Crippen LogP contribution is -2.24. The van der Waals surface area contributed by atoms with Crippen LogP contribution < -0.4 is 0 Å². The molecule has 3 nitrogen and oxygen atoms in total. The lowest BCUT2D eigenvalue weighted by atomic mass is 9.87. The molecule has 2 unspecified atom stereocenters. The molecule has 0 spiro atoms. The summed E-state index contributed by atoms with van der Waals surface area (Å²) in [5.74, 6) is -3.55. The van der Waals surface area contributed by atoms with E-state index < -0.39 is 52.5 Å². The Kier molecular flexibility index (Phi) is 5.39. The largest absolute Gasteiger partial charge is 0.418 e. The van der Waals surface area contributed by atoms with Crippen LogP contribution in [0, 0.1) is 0 Å². The van der Waals surface area contributed by atoms with Crippen molar-refractivity contribution in [2.75, 3.05) is 0 Å². The molecule has 0 saturated heterocycles. The fourth-order valence-electron chi connectivity index (χ4n) is 2.65. The van der Waals surface area contributed by atoms with Gasteiger partial charge in [0.1, 0.15) is 5.78 Å². The van der Waals surface area contributed by atoms with E-state index >= 15 is 0 Å². The molecule has 0 amide bonds. The molecular weight excluding hydrogens is 362 g/mol. The Balaban J connectivity index is 2.42. The number of pyridine rings is 2. The van der Waals surface area contributed by atoms with Gasteiger partial charge in [-0.1, -0.05) is 0 Å². The van der Waals surface area contributed by atoms with Gasteiger partial charge in [0.25, 0.3) is 0 Å². The van der Waals surface area contributed by atoms with Gasteiger partial charge in [0.2, 0.25) is 0 Å². The number of alkyl halides is 6. The predicted octanol–water partition coefficient (Wildman–Crippen LogP) is 4.99. The zero-order chi connectivity index (χ0) is 19.7. The molecular formula is C17H14F6N2O. The molecule has 2 aromatic heterocycles. The van der Waals surface area contributed by atoms with Crippen LogP contribution in [-0.4, -0.2) is 15.8 Å². The molecule has 2 rings (SSSR count). The first-order valence-corrected chi connectivity index (χ1v) is 7.52. The van der Waals surface area contributed by atoms with Gasteiger partial charge in [-0.3, -0.25) is 14.8 Å². The van der Waals surface area contributed by atoms with Crippen molar-refractivity contribution in [3.63, 3.8) is 0 Å². The molecule has 2 atom stereocenters. The van der Waals surface area contributed by atoms with Gasteiger partial charge in [0, 0.05) is 12.4 Å². The number of carbonyl (C=O) groups is 1. The Morgan fingerprint density at radius 2 is 1.15 bits per heavy atom. The highest BCUT2D eigenvalue weighted by Crippen LogP contribution is 2.38. The van der Waals surface area contributed by atoms with Gasteiger partial charge < -0.3 is 0 Å². The lowest BCUT2D eigenvalue weighted by Gasteiger charge is -2.21. The number of hydrogen-bond acceptors (Lipinski definition) is 3. The second-order valence-corrected chi connectivity index (χ2v) is 5.71. The molecule has 0 bridgehead atoms. The van der Waals surface area contributed by atoms with Crippen LogP contribution in [0.4, 0.5) is 26.3 Å². The van der Waals surface area contributed by atoms with Gasteiger partial charge in [-0.2, -0.15) is 26.3 Å². The van der Waals surface area contributed by atoms with Crippen LogP contribution in [0.3, 0.4) is 0 Å². The molecule has 2 aromatic rings. The number of nitrogens with zero attached hydrogens (tertiary/aromatic N) is 2. The van der Waals surface area contributed by atoms with E-state index in [1.807, 2.05) is 0 Å². The Hall–Kier alpha value is -2.45. The van der Waals surface area contributed by atoms with Gasteiger partial charge in [-0.15, -0.1) is 0 Å². The number of carbonyl (C=O) groups excluding carboxylic acids is 1. The van der Waals surface area contributed by atoms with E-state index in [-0.39, 0.29) is 0 Å². The Labute approximate surface area is 145 Å². The van der Waals surface area contributed by atoms with Gasteiger partial charge >= 0.3 is 12.4 Å². The van der Waals surface area contributed by atoms with E-state index in [1.165, 1.54) is 13.8 Å². The highest BCUT2D eigenvalue weighted by atomic mass is 19.4. The fourth-order valence-corrected chi connectivity index (χ4v) is 2.65. The van der Waals surface area contributed by atoms with Crippen molar-refractivity contribution in [3.05, 3.63) is 59.2 Å². The SMILES string of the molecule is CC(C(=O)C(C)c1ncccc1C(F)(F)F)c1ncccc1C(F)(F)F. The number of Topliss-reactive ketones (excluding diaryl/α,β-unsaturated/α-hetero) is 1. The maximum absolute atomic E-state index is 13.1. The van der Waals surface area contributed by atoms with E-state index in [2.05, 4.69) is 9.97 Å². The zero-order valence-corrected chi connectivity index (χ0v) is 13.7. The van der Waals surface area contributed by atoms with E-state index in [1.54, 1.807) is 0 Å². The van der Waals surface area contributed by atoms with Gasteiger partial charge in [-0.25, -0.2) is 0 Å². The molecule has 2 heterocycles. The summed E-state index contributed by atoms with van der Waals surface area (Å²) in [4.78, 5) is 19.8. The third-order valence-electron chi connectivity index (χ3n) is 3.96. The number of aromatic nitrogens is 2. The third kappa shape index (κ3) is 4.03. The maximum Gasteiger partial charge on any atom is 0.418 e. The Morgan fingerprint density at radius 3 is 1.46 bits per heavy atom. The molecule has 0 N–H and O–H groups in total. The van der Waals surface area contributed by atoms with Crippen LogP contribution in [0.5, 0.6) is 0 Å². The average Bonchev–Trinajstić information content (AvgIpc) is 2.58. The second-order valence-electron chi connectivity index (χ2n) is 5.71. The normalized spacial score (nSPS) is 14.8. The average molecular weight is 376 g/mol. The first-order chi connectivity index (χ1) is 11.9. The Morgan fingerprint density at radius 1 is 0.808 bits per heavy atom. The molecule has 0 aliphatic rings. The molecule has 0 fully saturated rings. The monoisotopic (exact) mass is 376 g/mol. The van der Waals surface area contributed by atoms with Crippen LogP contribution in [0.1, 0.15) is 48.2 Å². The Bertz CT molecular complexity index is 735. The fraction of sp³-hybridized carbons (Fsp3) is 0.353. The highest BCUT2D eigenvalue weighted by molar-refractivity contribution is 5.91. The second kappa shape index (κ2) is 7.05. The van der Waals surface area contributed by atoms with Crippen LogP contribution in [-0.2, 0) is 17.1 Å². The summed E-state index contributed by atoms with van der Waals surface area (Å²) >= 11 is 0. The smallest absolute Gasteiger partial charge is 0.298 e. The molecule has 26 heavy (non-hydrogen) atoms. The molecule has 0 radical (unpaired) electrons. The zero-order valence-electron chi connectivity index (χ0n) is 13.7. The van der Waals surface area contributed by atoms with Gasteiger partial charge in [0.05, 0.1) is 34.4 Å². The first-order valence-electron chi connectivity index (χ1n) is 7.52. The minimum atomic E-state index is -4.73.